The first-order chi connectivity index (χ1) is 13.8. The van der Waals surface area contributed by atoms with E-state index in [0.717, 1.165) is 46.3 Å². The first-order valence-electron chi connectivity index (χ1n) is 9.67. The van der Waals surface area contributed by atoms with Crippen LogP contribution < -0.4 is 5.32 Å². The Bertz CT molecular complexity index is 1100. The summed E-state index contributed by atoms with van der Waals surface area (Å²) in [5.41, 5.74) is 2.58. The van der Waals surface area contributed by atoms with E-state index in [1.807, 2.05) is 59.5 Å². The minimum atomic E-state index is -0.0487. The summed E-state index contributed by atoms with van der Waals surface area (Å²) in [5, 5.41) is 5.25. The molecule has 5 nitrogen and oxygen atoms in total. The van der Waals surface area contributed by atoms with Crippen LogP contribution in [0.2, 0.25) is 0 Å². The zero-order chi connectivity index (χ0) is 18.9. The number of likely N-dealkylation sites (tertiary alicyclic amines) is 1. The molecule has 0 radical (unpaired) electrons. The quantitative estimate of drug-likeness (QED) is 0.514. The van der Waals surface area contributed by atoms with E-state index >= 15 is 0 Å². The van der Waals surface area contributed by atoms with Crippen LogP contribution in [0.15, 0.2) is 71.1 Å². The normalized spacial score (nSPS) is 15.2. The molecule has 0 unspecified atom stereocenters. The van der Waals surface area contributed by atoms with E-state index in [4.69, 9.17) is 4.42 Å². The molecule has 0 spiro atoms. The van der Waals surface area contributed by atoms with E-state index in [1.165, 1.54) is 0 Å². The Balaban J connectivity index is 1.26. The number of fused-ring (bicyclic) bond motifs is 2. The molecule has 0 bridgehead atoms. The van der Waals surface area contributed by atoms with Crippen LogP contribution in [0.4, 0.5) is 10.5 Å². The van der Waals surface area contributed by atoms with Gasteiger partial charge in [-0.3, -0.25) is 0 Å². The molecule has 140 valence electrons. The number of amides is 2. The molecular formula is C23H21N3O2. The van der Waals surface area contributed by atoms with Crippen molar-refractivity contribution < 1.29 is 9.21 Å². The van der Waals surface area contributed by atoms with Crippen LogP contribution in [-0.4, -0.2) is 29.0 Å². The molecule has 2 heterocycles. The standard InChI is InChI=1S/C23H21N3O2/c27-23(25-19-10-5-7-16-6-1-2-8-18(16)19)26-14-12-17(13-15-26)22-24-20-9-3-4-11-21(20)28-22/h1-11,17H,12-15H2,(H,25,27). The number of para-hydroxylation sites is 2. The Morgan fingerprint density at radius 1 is 0.964 bits per heavy atom. The molecule has 1 aromatic heterocycles. The number of aromatic nitrogens is 1. The van der Waals surface area contributed by atoms with E-state index in [-0.39, 0.29) is 11.9 Å². The summed E-state index contributed by atoms with van der Waals surface area (Å²) in [7, 11) is 0. The molecule has 1 aliphatic rings. The van der Waals surface area contributed by atoms with Crippen molar-refractivity contribution >= 4 is 33.6 Å². The number of piperidine rings is 1. The van der Waals surface area contributed by atoms with Crippen molar-refractivity contribution in [1.82, 2.24) is 9.88 Å². The molecule has 4 aromatic rings. The van der Waals surface area contributed by atoms with Gasteiger partial charge < -0.3 is 14.6 Å². The van der Waals surface area contributed by atoms with Crippen molar-refractivity contribution in [1.29, 1.82) is 0 Å². The number of benzene rings is 3. The minimum absolute atomic E-state index is 0.0487. The summed E-state index contributed by atoms with van der Waals surface area (Å²) >= 11 is 0. The van der Waals surface area contributed by atoms with Crippen molar-refractivity contribution in [2.75, 3.05) is 18.4 Å². The maximum Gasteiger partial charge on any atom is 0.321 e. The van der Waals surface area contributed by atoms with Gasteiger partial charge in [0.1, 0.15) is 5.52 Å². The van der Waals surface area contributed by atoms with E-state index in [1.54, 1.807) is 0 Å². The fourth-order valence-electron chi connectivity index (χ4n) is 3.92. The van der Waals surface area contributed by atoms with Crippen molar-refractivity contribution in [3.05, 3.63) is 72.6 Å². The molecule has 5 heteroatoms. The number of urea groups is 1. The van der Waals surface area contributed by atoms with Crippen LogP contribution in [0.3, 0.4) is 0 Å². The van der Waals surface area contributed by atoms with Crippen LogP contribution in [-0.2, 0) is 0 Å². The average Bonchev–Trinajstić information content (AvgIpc) is 3.18. The van der Waals surface area contributed by atoms with E-state index in [9.17, 15) is 4.79 Å². The third-order valence-electron chi connectivity index (χ3n) is 5.47. The summed E-state index contributed by atoms with van der Waals surface area (Å²) in [6.45, 7) is 1.39. The maximum absolute atomic E-state index is 12.8. The highest BCUT2D eigenvalue weighted by molar-refractivity contribution is 6.01. The van der Waals surface area contributed by atoms with Gasteiger partial charge in [0.15, 0.2) is 11.5 Å². The van der Waals surface area contributed by atoms with Gasteiger partial charge in [0.05, 0.1) is 5.69 Å². The topological polar surface area (TPSA) is 58.4 Å². The molecule has 3 aromatic carbocycles. The highest BCUT2D eigenvalue weighted by atomic mass is 16.3. The van der Waals surface area contributed by atoms with Gasteiger partial charge in [0, 0.05) is 24.4 Å². The SMILES string of the molecule is O=C(Nc1cccc2ccccc12)N1CCC(c2nc3ccccc3o2)CC1. The van der Waals surface area contributed by atoms with Crippen LogP contribution in [0.25, 0.3) is 21.9 Å². The van der Waals surface area contributed by atoms with Gasteiger partial charge in [-0.15, -0.1) is 0 Å². The number of hydrogen-bond acceptors (Lipinski definition) is 3. The molecule has 2 amide bonds. The monoisotopic (exact) mass is 371 g/mol. The van der Waals surface area contributed by atoms with Crippen LogP contribution in [0, 0.1) is 0 Å². The fourth-order valence-corrected chi connectivity index (χ4v) is 3.92. The molecule has 0 atom stereocenters. The fraction of sp³-hybridized carbons (Fsp3) is 0.217. The molecule has 1 aliphatic heterocycles. The van der Waals surface area contributed by atoms with Crippen molar-refractivity contribution in [2.45, 2.75) is 18.8 Å². The smallest absolute Gasteiger partial charge is 0.321 e. The second kappa shape index (κ2) is 7.00. The lowest BCUT2D eigenvalue weighted by atomic mass is 9.97. The first kappa shape index (κ1) is 16.8. The number of nitrogens with one attached hydrogen (secondary N) is 1. The number of hydrogen-bond donors (Lipinski definition) is 1. The maximum atomic E-state index is 12.8. The van der Waals surface area contributed by atoms with Crippen LogP contribution in [0.1, 0.15) is 24.7 Å². The van der Waals surface area contributed by atoms with Gasteiger partial charge in [-0.25, -0.2) is 9.78 Å². The van der Waals surface area contributed by atoms with Gasteiger partial charge in [-0.2, -0.15) is 0 Å². The second-order valence-corrected chi connectivity index (χ2v) is 7.24. The molecule has 5 rings (SSSR count). The molecular weight excluding hydrogens is 350 g/mol. The average molecular weight is 371 g/mol. The largest absolute Gasteiger partial charge is 0.440 e. The molecule has 0 aliphatic carbocycles. The van der Waals surface area contributed by atoms with Gasteiger partial charge in [0.2, 0.25) is 0 Å². The summed E-state index contributed by atoms with van der Waals surface area (Å²) in [5.74, 6) is 1.05. The van der Waals surface area contributed by atoms with E-state index < -0.39 is 0 Å². The van der Waals surface area contributed by atoms with Gasteiger partial charge in [0.25, 0.3) is 0 Å². The second-order valence-electron chi connectivity index (χ2n) is 7.24. The number of carbonyl (C=O) groups excluding carboxylic acids is 1. The van der Waals surface area contributed by atoms with E-state index in [0.29, 0.717) is 13.1 Å². The lowest BCUT2D eigenvalue weighted by molar-refractivity contribution is 0.190. The molecule has 0 saturated carbocycles. The Morgan fingerprint density at radius 3 is 2.57 bits per heavy atom. The van der Waals surface area contributed by atoms with Crippen molar-refractivity contribution in [2.24, 2.45) is 0 Å². The van der Waals surface area contributed by atoms with E-state index in [2.05, 4.69) is 22.4 Å². The Morgan fingerprint density at radius 2 is 1.71 bits per heavy atom. The summed E-state index contributed by atoms with van der Waals surface area (Å²) in [6.07, 6.45) is 1.71. The Labute approximate surface area is 163 Å². The predicted molar refractivity (Wildman–Crippen MR) is 111 cm³/mol. The highest BCUT2D eigenvalue weighted by Gasteiger charge is 2.27. The number of oxazole rings is 1. The first-order valence-corrected chi connectivity index (χ1v) is 9.67. The Kier molecular flexibility index (Phi) is 4.20. The minimum Gasteiger partial charge on any atom is -0.440 e. The predicted octanol–water partition coefficient (Wildman–Crippen LogP) is 5.39. The molecule has 28 heavy (non-hydrogen) atoms. The molecule has 1 saturated heterocycles. The summed E-state index contributed by atoms with van der Waals surface area (Å²) < 4.78 is 5.92. The highest BCUT2D eigenvalue weighted by Crippen LogP contribution is 2.30. The lowest BCUT2D eigenvalue weighted by Gasteiger charge is -2.30. The van der Waals surface area contributed by atoms with Crippen molar-refractivity contribution in [3.63, 3.8) is 0 Å². The Hall–Kier alpha value is -3.34. The third kappa shape index (κ3) is 3.09. The van der Waals surface area contributed by atoms with Crippen LogP contribution in [0.5, 0.6) is 0 Å². The van der Waals surface area contributed by atoms with Gasteiger partial charge in [-0.05, 0) is 36.4 Å². The van der Waals surface area contributed by atoms with Crippen molar-refractivity contribution in [3.8, 4) is 0 Å². The summed E-state index contributed by atoms with van der Waals surface area (Å²) in [4.78, 5) is 19.3. The summed E-state index contributed by atoms with van der Waals surface area (Å²) in [6, 6.07) is 21.8. The number of nitrogens with zero attached hydrogens (tertiary/aromatic N) is 2. The lowest BCUT2D eigenvalue weighted by Crippen LogP contribution is -2.40. The number of carbonyl (C=O) groups is 1. The van der Waals surface area contributed by atoms with Gasteiger partial charge in [-0.1, -0.05) is 48.5 Å². The molecule has 1 N–H and O–H groups in total. The number of anilines is 1. The van der Waals surface area contributed by atoms with Gasteiger partial charge >= 0.3 is 6.03 Å². The zero-order valence-electron chi connectivity index (χ0n) is 15.5. The number of rotatable bonds is 2. The zero-order valence-corrected chi connectivity index (χ0v) is 15.5. The third-order valence-corrected chi connectivity index (χ3v) is 5.47. The van der Waals surface area contributed by atoms with Crippen LogP contribution >= 0.6 is 0 Å². The molecule has 1 fully saturated rings.